The van der Waals surface area contributed by atoms with Crippen molar-refractivity contribution in [1.82, 2.24) is 10.2 Å². The molecular formula is C12H26N2. The number of nitrogens with one attached hydrogen (secondary N) is 1. The zero-order valence-corrected chi connectivity index (χ0v) is 10.4. The summed E-state index contributed by atoms with van der Waals surface area (Å²) in [5, 5.41) is 3.73. The summed E-state index contributed by atoms with van der Waals surface area (Å²) in [5.41, 5.74) is 0.257. The Morgan fingerprint density at radius 1 is 1.36 bits per heavy atom. The fourth-order valence-corrected chi connectivity index (χ4v) is 2.29. The molecule has 0 aliphatic carbocycles. The first-order valence-corrected chi connectivity index (χ1v) is 5.92. The van der Waals surface area contributed by atoms with Gasteiger partial charge in [0.2, 0.25) is 0 Å². The van der Waals surface area contributed by atoms with Crippen LogP contribution < -0.4 is 5.32 Å². The Labute approximate surface area is 89.1 Å². The summed E-state index contributed by atoms with van der Waals surface area (Å²) in [7, 11) is 0. The molecule has 2 nitrogen and oxygen atoms in total. The highest BCUT2D eigenvalue weighted by Gasteiger charge is 2.27. The standard InChI is InChI=1S/C12H26N2/c1-6-14-8-7-11(10(2)9-14)13-12(3,4)5/h10-11,13H,6-9H2,1-5H3. The molecule has 1 N–H and O–H groups in total. The first kappa shape index (κ1) is 12.0. The number of likely N-dealkylation sites (tertiary alicyclic amines) is 1. The van der Waals surface area contributed by atoms with Gasteiger partial charge in [0.1, 0.15) is 0 Å². The summed E-state index contributed by atoms with van der Waals surface area (Å²) in [4.78, 5) is 2.55. The summed E-state index contributed by atoms with van der Waals surface area (Å²) in [6.45, 7) is 15.1. The second kappa shape index (κ2) is 4.63. The van der Waals surface area contributed by atoms with E-state index in [1.54, 1.807) is 0 Å². The van der Waals surface area contributed by atoms with E-state index in [0.717, 1.165) is 5.92 Å². The smallest absolute Gasteiger partial charge is 0.0122 e. The molecular weight excluding hydrogens is 172 g/mol. The van der Waals surface area contributed by atoms with Crippen molar-refractivity contribution < 1.29 is 0 Å². The molecule has 1 fully saturated rings. The Morgan fingerprint density at radius 2 is 2.00 bits per heavy atom. The lowest BCUT2D eigenvalue weighted by Gasteiger charge is -2.40. The molecule has 0 amide bonds. The van der Waals surface area contributed by atoms with Crippen molar-refractivity contribution in [1.29, 1.82) is 0 Å². The lowest BCUT2D eigenvalue weighted by molar-refractivity contribution is 0.137. The van der Waals surface area contributed by atoms with Crippen molar-refractivity contribution in [2.45, 2.75) is 52.6 Å². The van der Waals surface area contributed by atoms with Gasteiger partial charge in [-0.25, -0.2) is 0 Å². The Bertz CT molecular complexity index is 172. The Kier molecular flexibility index (Phi) is 3.96. The van der Waals surface area contributed by atoms with Crippen LogP contribution in [0.4, 0.5) is 0 Å². The van der Waals surface area contributed by atoms with Gasteiger partial charge in [-0.15, -0.1) is 0 Å². The number of hydrogen-bond acceptors (Lipinski definition) is 2. The minimum atomic E-state index is 0.257. The van der Waals surface area contributed by atoms with E-state index < -0.39 is 0 Å². The number of piperidine rings is 1. The van der Waals surface area contributed by atoms with Crippen LogP contribution in [0.3, 0.4) is 0 Å². The van der Waals surface area contributed by atoms with Gasteiger partial charge in [0.15, 0.2) is 0 Å². The Hall–Kier alpha value is -0.0800. The quantitative estimate of drug-likeness (QED) is 0.731. The van der Waals surface area contributed by atoms with Crippen LogP contribution in [-0.4, -0.2) is 36.1 Å². The van der Waals surface area contributed by atoms with E-state index >= 15 is 0 Å². The average molecular weight is 198 g/mol. The second-order valence-electron chi connectivity index (χ2n) is 5.66. The molecule has 0 bridgehead atoms. The monoisotopic (exact) mass is 198 g/mol. The molecule has 0 spiro atoms. The lowest BCUT2D eigenvalue weighted by Crippen LogP contribution is -2.53. The van der Waals surface area contributed by atoms with E-state index in [1.165, 1.54) is 26.1 Å². The normalized spacial score (nSPS) is 30.6. The van der Waals surface area contributed by atoms with Gasteiger partial charge in [-0.3, -0.25) is 0 Å². The molecule has 0 radical (unpaired) electrons. The maximum Gasteiger partial charge on any atom is 0.0122 e. The van der Waals surface area contributed by atoms with Crippen molar-refractivity contribution in [3.05, 3.63) is 0 Å². The fourth-order valence-electron chi connectivity index (χ4n) is 2.29. The van der Waals surface area contributed by atoms with Crippen LogP contribution in [0, 0.1) is 5.92 Å². The van der Waals surface area contributed by atoms with E-state index in [-0.39, 0.29) is 5.54 Å². The Balaban J connectivity index is 2.42. The maximum atomic E-state index is 3.73. The van der Waals surface area contributed by atoms with Crippen LogP contribution >= 0.6 is 0 Å². The van der Waals surface area contributed by atoms with Gasteiger partial charge in [0, 0.05) is 18.1 Å². The molecule has 2 unspecified atom stereocenters. The number of rotatable bonds is 2. The maximum absolute atomic E-state index is 3.73. The number of hydrogen-bond donors (Lipinski definition) is 1. The molecule has 1 heterocycles. The SMILES string of the molecule is CCN1CCC(NC(C)(C)C)C(C)C1. The molecule has 0 aromatic carbocycles. The van der Waals surface area contributed by atoms with E-state index in [0.29, 0.717) is 6.04 Å². The van der Waals surface area contributed by atoms with E-state index in [1.807, 2.05) is 0 Å². The second-order valence-corrected chi connectivity index (χ2v) is 5.66. The van der Waals surface area contributed by atoms with Gasteiger partial charge >= 0.3 is 0 Å². The molecule has 2 atom stereocenters. The van der Waals surface area contributed by atoms with Crippen molar-refractivity contribution in [2.24, 2.45) is 5.92 Å². The van der Waals surface area contributed by atoms with Crippen LogP contribution in [0.25, 0.3) is 0 Å². The summed E-state index contributed by atoms with van der Waals surface area (Å²) in [5.74, 6) is 0.780. The molecule has 84 valence electrons. The predicted molar refractivity (Wildman–Crippen MR) is 62.6 cm³/mol. The zero-order valence-electron chi connectivity index (χ0n) is 10.4. The van der Waals surface area contributed by atoms with Gasteiger partial charge in [-0.2, -0.15) is 0 Å². The largest absolute Gasteiger partial charge is 0.309 e. The van der Waals surface area contributed by atoms with Gasteiger partial charge < -0.3 is 10.2 Å². The van der Waals surface area contributed by atoms with Gasteiger partial charge in [0.05, 0.1) is 0 Å². The first-order chi connectivity index (χ1) is 6.42. The van der Waals surface area contributed by atoms with Crippen LogP contribution in [0.15, 0.2) is 0 Å². The van der Waals surface area contributed by atoms with Crippen LogP contribution in [0.5, 0.6) is 0 Å². The van der Waals surface area contributed by atoms with Gasteiger partial charge in [-0.1, -0.05) is 13.8 Å². The highest BCUT2D eigenvalue weighted by Crippen LogP contribution is 2.18. The summed E-state index contributed by atoms with van der Waals surface area (Å²) in [6, 6.07) is 0.706. The third-order valence-electron chi connectivity index (χ3n) is 3.06. The predicted octanol–water partition coefficient (Wildman–Crippen LogP) is 2.10. The molecule has 0 saturated carbocycles. The molecule has 14 heavy (non-hydrogen) atoms. The molecule has 1 aliphatic heterocycles. The average Bonchev–Trinajstić information content (AvgIpc) is 2.06. The third kappa shape index (κ3) is 3.58. The molecule has 1 saturated heterocycles. The van der Waals surface area contributed by atoms with Crippen molar-refractivity contribution in [3.8, 4) is 0 Å². The molecule has 1 aliphatic rings. The van der Waals surface area contributed by atoms with Crippen LogP contribution in [0.2, 0.25) is 0 Å². The first-order valence-electron chi connectivity index (χ1n) is 5.92. The molecule has 1 rings (SSSR count). The fraction of sp³-hybridized carbons (Fsp3) is 1.00. The summed E-state index contributed by atoms with van der Waals surface area (Å²) >= 11 is 0. The summed E-state index contributed by atoms with van der Waals surface area (Å²) < 4.78 is 0. The van der Waals surface area contributed by atoms with Gasteiger partial charge in [0.25, 0.3) is 0 Å². The van der Waals surface area contributed by atoms with Crippen LogP contribution in [-0.2, 0) is 0 Å². The van der Waals surface area contributed by atoms with E-state index in [2.05, 4.69) is 44.8 Å². The minimum Gasteiger partial charge on any atom is -0.309 e. The highest BCUT2D eigenvalue weighted by molar-refractivity contribution is 4.86. The van der Waals surface area contributed by atoms with Crippen LogP contribution in [0.1, 0.15) is 41.0 Å². The zero-order chi connectivity index (χ0) is 10.8. The Morgan fingerprint density at radius 3 is 2.43 bits per heavy atom. The lowest BCUT2D eigenvalue weighted by atomic mass is 9.91. The minimum absolute atomic E-state index is 0.257. The van der Waals surface area contributed by atoms with E-state index in [9.17, 15) is 0 Å². The van der Waals surface area contributed by atoms with E-state index in [4.69, 9.17) is 0 Å². The van der Waals surface area contributed by atoms with Gasteiger partial charge in [-0.05, 0) is 46.2 Å². The topological polar surface area (TPSA) is 15.3 Å². The van der Waals surface area contributed by atoms with Crippen molar-refractivity contribution in [3.63, 3.8) is 0 Å². The highest BCUT2D eigenvalue weighted by atomic mass is 15.1. The molecule has 0 aromatic heterocycles. The van der Waals surface area contributed by atoms with Crippen molar-refractivity contribution in [2.75, 3.05) is 19.6 Å². The third-order valence-corrected chi connectivity index (χ3v) is 3.06. The molecule has 2 heteroatoms. The number of nitrogens with zero attached hydrogens (tertiary/aromatic N) is 1. The van der Waals surface area contributed by atoms with Crippen molar-refractivity contribution >= 4 is 0 Å². The molecule has 0 aromatic rings. The summed E-state index contributed by atoms with van der Waals surface area (Å²) in [6.07, 6.45) is 1.30.